The zero-order valence-electron chi connectivity index (χ0n) is 11.7. The lowest BCUT2D eigenvalue weighted by atomic mass is 10.1. The van der Waals surface area contributed by atoms with Gasteiger partial charge in [-0.05, 0) is 42.2 Å². The molecule has 2 aromatic carbocycles. The first-order chi connectivity index (χ1) is 9.65. The average Bonchev–Trinajstić information content (AvgIpc) is 2.41. The molecule has 3 nitrogen and oxygen atoms in total. The van der Waals surface area contributed by atoms with E-state index in [-0.39, 0.29) is 5.91 Å². The number of carbonyl (C=O) groups excluding carboxylic acids is 1. The molecule has 104 valence electrons. The highest BCUT2D eigenvalue weighted by molar-refractivity contribution is 5.78. The maximum atomic E-state index is 11.8. The highest BCUT2D eigenvalue weighted by Gasteiger charge is 2.04. The van der Waals surface area contributed by atoms with Crippen molar-refractivity contribution in [3.05, 3.63) is 65.2 Å². The van der Waals surface area contributed by atoms with Crippen LogP contribution in [0.5, 0.6) is 0 Å². The van der Waals surface area contributed by atoms with Crippen LogP contribution >= 0.6 is 0 Å². The van der Waals surface area contributed by atoms with Gasteiger partial charge in [0.2, 0.25) is 5.91 Å². The van der Waals surface area contributed by atoms with Crippen LogP contribution in [0.2, 0.25) is 0 Å². The number of hydrogen-bond acceptors (Lipinski definition) is 2. The van der Waals surface area contributed by atoms with Gasteiger partial charge in [-0.25, -0.2) is 0 Å². The summed E-state index contributed by atoms with van der Waals surface area (Å²) in [6, 6.07) is 15.7. The first kappa shape index (κ1) is 14.1. The summed E-state index contributed by atoms with van der Waals surface area (Å²) in [5, 5.41) is 2.95. The van der Waals surface area contributed by atoms with Crippen molar-refractivity contribution in [2.45, 2.75) is 19.8 Å². The largest absolute Gasteiger partial charge is 0.399 e. The molecule has 0 spiro atoms. The Hall–Kier alpha value is -2.29. The van der Waals surface area contributed by atoms with Gasteiger partial charge >= 0.3 is 0 Å². The molecule has 0 fully saturated rings. The molecule has 0 heterocycles. The highest BCUT2D eigenvalue weighted by Crippen LogP contribution is 2.08. The molecular formula is C17H20N2O. The second kappa shape index (κ2) is 6.75. The molecule has 0 saturated carbocycles. The third-order valence-electron chi connectivity index (χ3n) is 3.29. The van der Waals surface area contributed by atoms with Crippen molar-refractivity contribution in [2.24, 2.45) is 0 Å². The summed E-state index contributed by atoms with van der Waals surface area (Å²) in [5.41, 5.74) is 9.86. The number of anilines is 1. The standard InChI is InChI=1S/C17H20N2O/c1-13-5-2-3-7-15(13)9-10-19-17(20)12-14-6-4-8-16(18)11-14/h2-8,11H,9-10,12,18H2,1H3,(H,19,20). The smallest absolute Gasteiger partial charge is 0.224 e. The van der Waals surface area contributed by atoms with Gasteiger partial charge in [0, 0.05) is 12.2 Å². The monoisotopic (exact) mass is 268 g/mol. The Balaban J connectivity index is 1.80. The minimum Gasteiger partial charge on any atom is -0.399 e. The number of carbonyl (C=O) groups is 1. The maximum Gasteiger partial charge on any atom is 0.224 e. The van der Waals surface area contributed by atoms with Gasteiger partial charge in [-0.15, -0.1) is 0 Å². The molecule has 2 aromatic rings. The molecule has 0 radical (unpaired) electrons. The number of rotatable bonds is 5. The van der Waals surface area contributed by atoms with Crippen LogP contribution in [0.1, 0.15) is 16.7 Å². The second-order valence-electron chi connectivity index (χ2n) is 4.95. The predicted octanol–water partition coefficient (Wildman–Crippen LogP) is 2.48. The fourth-order valence-electron chi connectivity index (χ4n) is 2.18. The van der Waals surface area contributed by atoms with Crippen LogP contribution in [0.25, 0.3) is 0 Å². The third-order valence-corrected chi connectivity index (χ3v) is 3.29. The quantitative estimate of drug-likeness (QED) is 0.819. The van der Waals surface area contributed by atoms with Gasteiger partial charge in [0.25, 0.3) is 0 Å². The molecule has 0 saturated heterocycles. The Kier molecular flexibility index (Phi) is 4.77. The van der Waals surface area contributed by atoms with Crippen molar-refractivity contribution in [1.82, 2.24) is 5.32 Å². The van der Waals surface area contributed by atoms with Crippen molar-refractivity contribution >= 4 is 11.6 Å². The van der Waals surface area contributed by atoms with Gasteiger partial charge < -0.3 is 11.1 Å². The van der Waals surface area contributed by atoms with E-state index in [0.717, 1.165) is 12.0 Å². The van der Waals surface area contributed by atoms with Crippen LogP contribution in [-0.4, -0.2) is 12.5 Å². The number of nitrogen functional groups attached to an aromatic ring is 1. The molecule has 0 aliphatic heterocycles. The van der Waals surface area contributed by atoms with Gasteiger partial charge in [-0.2, -0.15) is 0 Å². The summed E-state index contributed by atoms with van der Waals surface area (Å²) in [6.45, 7) is 2.75. The molecular weight excluding hydrogens is 248 g/mol. The molecule has 0 atom stereocenters. The van der Waals surface area contributed by atoms with Crippen LogP contribution in [0.4, 0.5) is 5.69 Å². The fourth-order valence-corrected chi connectivity index (χ4v) is 2.18. The number of aryl methyl sites for hydroxylation is 1. The molecule has 0 unspecified atom stereocenters. The normalized spacial score (nSPS) is 10.2. The third kappa shape index (κ3) is 4.12. The first-order valence-electron chi connectivity index (χ1n) is 6.81. The molecule has 2 rings (SSSR count). The zero-order chi connectivity index (χ0) is 14.4. The van der Waals surface area contributed by atoms with Gasteiger partial charge in [-0.3, -0.25) is 4.79 Å². The van der Waals surface area contributed by atoms with Crippen LogP contribution < -0.4 is 11.1 Å². The van der Waals surface area contributed by atoms with Crippen molar-refractivity contribution in [3.8, 4) is 0 Å². The van der Waals surface area contributed by atoms with E-state index >= 15 is 0 Å². The fraction of sp³-hybridized carbons (Fsp3) is 0.235. The molecule has 0 aliphatic carbocycles. The highest BCUT2D eigenvalue weighted by atomic mass is 16.1. The first-order valence-corrected chi connectivity index (χ1v) is 6.81. The lowest BCUT2D eigenvalue weighted by Crippen LogP contribution is -2.27. The SMILES string of the molecule is Cc1ccccc1CCNC(=O)Cc1cccc(N)c1. The Morgan fingerprint density at radius 2 is 1.95 bits per heavy atom. The second-order valence-corrected chi connectivity index (χ2v) is 4.95. The maximum absolute atomic E-state index is 11.8. The van der Waals surface area contributed by atoms with E-state index in [4.69, 9.17) is 5.73 Å². The van der Waals surface area contributed by atoms with Crippen LogP contribution in [0.3, 0.4) is 0 Å². The summed E-state index contributed by atoms with van der Waals surface area (Å²) in [6.07, 6.45) is 1.23. The molecule has 0 aliphatic rings. The Morgan fingerprint density at radius 1 is 1.15 bits per heavy atom. The zero-order valence-corrected chi connectivity index (χ0v) is 11.7. The molecule has 3 heteroatoms. The summed E-state index contributed by atoms with van der Waals surface area (Å²) >= 11 is 0. The molecule has 0 bridgehead atoms. The molecule has 3 N–H and O–H groups in total. The van der Waals surface area contributed by atoms with Gasteiger partial charge in [0.15, 0.2) is 0 Å². The van der Waals surface area contributed by atoms with Crippen LogP contribution in [0.15, 0.2) is 48.5 Å². The number of hydrogen-bond donors (Lipinski definition) is 2. The van der Waals surface area contributed by atoms with E-state index < -0.39 is 0 Å². The lowest BCUT2D eigenvalue weighted by Gasteiger charge is -2.08. The Labute approximate surface area is 119 Å². The summed E-state index contributed by atoms with van der Waals surface area (Å²) in [4.78, 5) is 11.8. The molecule has 0 aromatic heterocycles. The number of benzene rings is 2. The van der Waals surface area contributed by atoms with E-state index in [1.54, 1.807) is 0 Å². The summed E-state index contributed by atoms with van der Waals surface area (Å²) in [5.74, 6) is 0.0317. The predicted molar refractivity (Wildman–Crippen MR) is 82.5 cm³/mol. The Bertz CT molecular complexity index is 593. The van der Waals surface area contributed by atoms with E-state index in [1.165, 1.54) is 11.1 Å². The van der Waals surface area contributed by atoms with E-state index in [1.807, 2.05) is 36.4 Å². The number of nitrogens with one attached hydrogen (secondary N) is 1. The van der Waals surface area contributed by atoms with Crippen molar-refractivity contribution < 1.29 is 4.79 Å². The minimum absolute atomic E-state index is 0.0317. The summed E-state index contributed by atoms with van der Waals surface area (Å²) < 4.78 is 0. The van der Waals surface area contributed by atoms with E-state index in [2.05, 4.69) is 24.4 Å². The van der Waals surface area contributed by atoms with Crippen molar-refractivity contribution in [2.75, 3.05) is 12.3 Å². The van der Waals surface area contributed by atoms with Crippen molar-refractivity contribution in [1.29, 1.82) is 0 Å². The van der Waals surface area contributed by atoms with Gasteiger partial charge in [0.1, 0.15) is 0 Å². The Morgan fingerprint density at radius 3 is 2.70 bits per heavy atom. The van der Waals surface area contributed by atoms with Gasteiger partial charge in [-0.1, -0.05) is 36.4 Å². The molecule has 20 heavy (non-hydrogen) atoms. The van der Waals surface area contributed by atoms with Crippen LogP contribution in [0, 0.1) is 6.92 Å². The van der Waals surface area contributed by atoms with Crippen LogP contribution in [-0.2, 0) is 17.6 Å². The van der Waals surface area contributed by atoms with E-state index in [9.17, 15) is 4.79 Å². The topological polar surface area (TPSA) is 55.1 Å². The van der Waals surface area contributed by atoms with Crippen molar-refractivity contribution in [3.63, 3.8) is 0 Å². The lowest BCUT2D eigenvalue weighted by molar-refractivity contribution is -0.120. The molecule has 1 amide bonds. The summed E-state index contributed by atoms with van der Waals surface area (Å²) in [7, 11) is 0. The van der Waals surface area contributed by atoms with E-state index in [0.29, 0.717) is 18.7 Å². The minimum atomic E-state index is 0.0317. The number of nitrogens with two attached hydrogens (primary N) is 1. The average molecular weight is 268 g/mol. The number of amides is 1. The van der Waals surface area contributed by atoms with Gasteiger partial charge in [0.05, 0.1) is 6.42 Å².